The van der Waals surface area contributed by atoms with Gasteiger partial charge in [-0.3, -0.25) is 4.79 Å². The summed E-state index contributed by atoms with van der Waals surface area (Å²) in [5.41, 5.74) is 2.19. The van der Waals surface area contributed by atoms with Crippen LogP contribution in [0.3, 0.4) is 0 Å². The highest BCUT2D eigenvalue weighted by molar-refractivity contribution is 14.1. The highest BCUT2D eigenvalue weighted by atomic mass is 127. The van der Waals surface area contributed by atoms with Crippen LogP contribution in [0.15, 0.2) is 39.5 Å². The van der Waals surface area contributed by atoms with Gasteiger partial charge in [-0.05, 0) is 86.0 Å². The molecule has 230 valence electrons. The van der Waals surface area contributed by atoms with Gasteiger partial charge in [-0.1, -0.05) is 12.1 Å². The fraction of sp³-hybridized carbons (Fsp3) is 0.452. The summed E-state index contributed by atoms with van der Waals surface area (Å²) in [6, 6.07) is 9.30. The van der Waals surface area contributed by atoms with Crippen LogP contribution < -0.4 is 15.4 Å². The number of hydrogen-bond acceptors (Lipinski definition) is 10. The second-order valence-corrected chi connectivity index (χ2v) is 13.7. The zero-order chi connectivity index (χ0) is 30.6. The van der Waals surface area contributed by atoms with Gasteiger partial charge in [0.2, 0.25) is 5.89 Å². The van der Waals surface area contributed by atoms with Crippen LogP contribution in [0.2, 0.25) is 0 Å². The van der Waals surface area contributed by atoms with Gasteiger partial charge in [0.1, 0.15) is 11.6 Å². The van der Waals surface area contributed by atoms with Gasteiger partial charge in [-0.25, -0.2) is 9.89 Å². The van der Waals surface area contributed by atoms with E-state index in [2.05, 4.69) is 56.7 Å². The van der Waals surface area contributed by atoms with Gasteiger partial charge in [0.05, 0.1) is 36.9 Å². The third kappa shape index (κ3) is 5.62. The predicted molar refractivity (Wildman–Crippen MR) is 171 cm³/mol. The van der Waals surface area contributed by atoms with Crippen molar-refractivity contribution >= 4 is 45.1 Å². The molecular weight excluding hydrogens is 677 g/mol. The van der Waals surface area contributed by atoms with Crippen LogP contribution in [0, 0.1) is 8.99 Å². The SMILES string of the molecule is CN(C)CC1(COc2nc3c(c(N4CCC[C@@H](c5n[nH]c(=O)o5)C4)n2)CN(C(=O)c2cc(O)cc4cccc(I)c24)C3)CC1. The lowest BCUT2D eigenvalue weighted by molar-refractivity contribution is 0.0752. The molecule has 4 aromatic rings. The lowest BCUT2D eigenvalue weighted by Crippen LogP contribution is -2.36. The lowest BCUT2D eigenvalue weighted by atomic mass is 9.97. The van der Waals surface area contributed by atoms with Crippen molar-refractivity contribution in [2.24, 2.45) is 5.41 Å². The molecule has 0 spiro atoms. The molecule has 0 unspecified atom stereocenters. The molecule has 1 saturated heterocycles. The van der Waals surface area contributed by atoms with Crippen molar-refractivity contribution in [3.63, 3.8) is 0 Å². The van der Waals surface area contributed by atoms with Gasteiger partial charge in [0.15, 0.2) is 0 Å². The maximum atomic E-state index is 14.1. The molecular formula is C31H34IN7O5. The molecule has 2 aromatic carbocycles. The van der Waals surface area contributed by atoms with E-state index in [9.17, 15) is 14.7 Å². The average molecular weight is 712 g/mol. The predicted octanol–water partition coefficient (Wildman–Crippen LogP) is 3.88. The molecule has 3 aliphatic rings. The zero-order valence-electron chi connectivity index (χ0n) is 24.7. The number of aromatic amines is 1. The number of aromatic hydroxyl groups is 1. The number of carbonyl (C=O) groups is 1. The maximum Gasteiger partial charge on any atom is 0.434 e. The Morgan fingerprint density at radius 2 is 2.09 bits per heavy atom. The van der Waals surface area contributed by atoms with Crippen molar-refractivity contribution in [3.8, 4) is 11.8 Å². The van der Waals surface area contributed by atoms with Crippen molar-refractivity contribution in [1.82, 2.24) is 30.0 Å². The average Bonchev–Trinajstić information content (AvgIpc) is 3.39. The second kappa shape index (κ2) is 11.3. The van der Waals surface area contributed by atoms with Crippen molar-refractivity contribution in [3.05, 3.63) is 67.2 Å². The number of rotatable bonds is 8. The van der Waals surface area contributed by atoms with Crippen LogP contribution in [0.4, 0.5) is 5.82 Å². The number of aromatic nitrogens is 4. The molecule has 1 saturated carbocycles. The number of piperidine rings is 1. The molecule has 4 heterocycles. The number of ether oxygens (including phenoxy) is 1. The second-order valence-electron chi connectivity index (χ2n) is 12.5. The first-order valence-electron chi connectivity index (χ1n) is 14.9. The van der Waals surface area contributed by atoms with E-state index in [0.717, 1.165) is 70.2 Å². The molecule has 7 rings (SSSR count). The van der Waals surface area contributed by atoms with Crippen LogP contribution in [-0.4, -0.2) is 81.3 Å². The number of amides is 1. The smallest absolute Gasteiger partial charge is 0.434 e. The number of H-pyrrole nitrogens is 1. The summed E-state index contributed by atoms with van der Waals surface area (Å²) in [6.45, 7) is 3.41. The Labute approximate surface area is 267 Å². The Morgan fingerprint density at radius 1 is 1.25 bits per heavy atom. The highest BCUT2D eigenvalue weighted by Gasteiger charge is 2.44. The summed E-state index contributed by atoms with van der Waals surface area (Å²) in [7, 11) is 4.14. The van der Waals surface area contributed by atoms with E-state index in [1.54, 1.807) is 17.0 Å². The monoisotopic (exact) mass is 711 g/mol. The topological polar surface area (TPSA) is 141 Å². The highest BCUT2D eigenvalue weighted by Crippen LogP contribution is 2.46. The summed E-state index contributed by atoms with van der Waals surface area (Å²) in [5, 5.41) is 18.6. The minimum Gasteiger partial charge on any atom is -0.508 e. The van der Waals surface area contributed by atoms with Crippen LogP contribution in [0.5, 0.6) is 11.8 Å². The molecule has 2 aromatic heterocycles. The van der Waals surface area contributed by atoms with E-state index in [4.69, 9.17) is 19.1 Å². The summed E-state index contributed by atoms with van der Waals surface area (Å²) in [4.78, 5) is 41.6. The van der Waals surface area contributed by atoms with Gasteiger partial charge in [0, 0.05) is 39.6 Å². The molecule has 0 bridgehead atoms. The lowest BCUT2D eigenvalue weighted by Gasteiger charge is -2.33. The molecule has 1 amide bonds. The maximum absolute atomic E-state index is 14.1. The third-order valence-electron chi connectivity index (χ3n) is 8.81. The van der Waals surface area contributed by atoms with E-state index in [0.29, 0.717) is 43.7 Å². The fourth-order valence-electron chi connectivity index (χ4n) is 6.59. The molecule has 13 heteroatoms. The Hall–Kier alpha value is -3.72. The fourth-order valence-corrected chi connectivity index (χ4v) is 7.40. The Morgan fingerprint density at radius 3 is 2.84 bits per heavy atom. The summed E-state index contributed by atoms with van der Waals surface area (Å²) in [6.07, 6.45) is 3.90. The number of nitrogens with one attached hydrogen (secondary N) is 1. The van der Waals surface area contributed by atoms with Crippen LogP contribution >= 0.6 is 22.6 Å². The first-order valence-corrected chi connectivity index (χ1v) is 15.9. The van der Waals surface area contributed by atoms with E-state index < -0.39 is 5.76 Å². The van der Waals surface area contributed by atoms with E-state index in [1.165, 1.54) is 0 Å². The minimum atomic E-state index is -0.564. The van der Waals surface area contributed by atoms with Gasteiger partial charge in [-0.15, -0.1) is 5.10 Å². The van der Waals surface area contributed by atoms with Gasteiger partial charge in [-0.2, -0.15) is 9.97 Å². The van der Waals surface area contributed by atoms with Crippen molar-refractivity contribution in [1.29, 1.82) is 0 Å². The first-order chi connectivity index (χ1) is 21.2. The molecule has 0 radical (unpaired) electrons. The minimum absolute atomic E-state index is 0.0480. The van der Waals surface area contributed by atoms with Crippen LogP contribution in [0.25, 0.3) is 10.8 Å². The molecule has 2 fully saturated rings. The number of fused-ring (bicyclic) bond motifs is 2. The number of carbonyl (C=O) groups excluding carboxylic acids is 1. The number of anilines is 1. The zero-order valence-corrected chi connectivity index (χ0v) is 26.8. The Kier molecular flexibility index (Phi) is 7.47. The molecule has 2 N–H and O–H groups in total. The summed E-state index contributed by atoms with van der Waals surface area (Å²) in [5.74, 6) is 0.350. The largest absolute Gasteiger partial charge is 0.508 e. The van der Waals surface area contributed by atoms with Crippen LogP contribution in [-0.2, 0) is 13.1 Å². The molecule has 44 heavy (non-hydrogen) atoms. The first kappa shape index (κ1) is 29.0. The van der Waals surface area contributed by atoms with Gasteiger partial charge >= 0.3 is 11.8 Å². The van der Waals surface area contributed by atoms with E-state index in [-0.39, 0.29) is 23.0 Å². The van der Waals surface area contributed by atoms with E-state index >= 15 is 0 Å². The van der Waals surface area contributed by atoms with Gasteiger partial charge in [0.25, 0.3) is 5.91 Å². The molecule has 12 nitrogen and oxygen atoms in total. The number of hydrogen-bond donors (Lipinski definition) is 2. The number of nitrogens with zero attached hydrogens (tertiary/aromatic N) is 6. The number of benzene rings is 2. The van der Waals surface area contributed by atoms with Gasteiger partial charge < -0.3 is 29.0 Å². The standard InChI is InChI=1S/C31H34IN7O5/c1-37(2)16-31(8-9-31)17-43-29-33-24-15-39(28(41)21-12-20(40)11-18-5-3-7-23(32)25(18)21)14-22(24)26(34-29)38-10-4-6-19(13-38)27-35-36-30(42)44-27/h3,5,7,11-12,19,40H,4,6,8-10,13-17H2,1-2H3,(H,36,42)/t19-/m1/s1. The van der Waals surface area contributed by atoms with Crippen LogP contribution in [0.1, 0.15) is 59.1 Å². The van der Waals surface area contributed by atoms with Crippen molar-refractivity contribution in [2.45, 2.75) is 44.7 Å². The summed E-state index contributed by atoms with van der Waals surface area (Å²) < 4.78 is 12.5. The number of halogens is 1. The number of phenols is 1. The molecule has 1 atom stereocenters. The van der Waals surface area contributed by atoms with Crippen molar-refractivity contribution < 1.29 is 19.1 Å². The third-order valence-corrected chi connectivity index (χ3v) is 9.71. The van der Waals surface area contributed by atoms with Crippen molar-refractivity contribution in [2.75, 3.05) is 45.2 Å². The number of phenolic OH excluding ortho intramolecular Hbond substituents is 1. The quantitative estimate of drug-likeness (QED) is 0.259. The normalized spacial score (nSPS) is 19.0. The summed E-state index contributed by atoms with van der Waals surface area (Å²) >= 11 is 2.23. The Balaban J connectivity index is 1.21. The van der Waals surface area contributed by atoms with E-state index in [1.807, 2.05) is 18.2 Å². The Bertz CT molecular complexity index is 1800. The molecule has 2 aliphatic heterocycles. The molecule has 1 aliphatic carbocycles.